The molecule has 0 bridgehead atoms. The lowest BCUT2D eigenvalue weighted by Gasteiger charge is -2.13. The number of hydrogen-bond acceptors (Lipinski definition) is 4. The summed E-state index contributed by atoms with van der Waals surface area (Å²) in [7, 11) is -0.184. The molecule has 2 unspecified atom stereocenters. The van der Waals surface area contributed by atoms with Crippen LogP contribution in [0.25, 0.3) is 0 Å². The fourth-order valence-corrected chi connectivity index (χ4v) is 2.76. The number of esters is 1. The average molecular weight is 323 g/mol. The van der Waals surface area contributed by atoms with Crippen molar-refractivity contribution >= 4 is 22.7 Å². The third-order valence-corrected chi connectivity index (χ3v) is 4.15. The van der Waals surface area contributed by atoms with Gasteiger partial charge in [-0.15, -0.1) is 0 Å². The van der Waals surface area contributed by atoms with E-state index in [0.29, 0.717) is 4.90 Å². The number of carbonyl (C=O) groups is 2. The fraction of sp³-hybridized carbons (Fsp3) is 0.375. The van der Waals surface area contributed by atoms with E-state index in [9.17, 15) is 13.8 Å². The highest BCUT2D eigenvalue weighted by molar-refractivity contribution is 7.83. The quantitative estimate of drug-likeness (QED) is 0.452. The molecule has 0 aromatic heterocycles. The van der Waals surface area contributed by atoms with E-state index in [1.54, 1.807) is 24.3 Å². The zero-order chi connectivity index (χ0) is 16.5. The number of ether oxygens (including phenoxy) is 1. The third-order valence-electron chi connectivity index (χ3n) is 2.93. The van der Waals surface area contributed by atoms with Crippen molar-refractivity contribution < 1.29 is 18.5 Å². The average Bonchev–Trinajstić information content (AvgIpc) is 2.47. The number of Topliss-reactive ketones (excluding diaryl/α,β-unsaturated/α-hetero) is 1. The minimum atomic E-state index is -1.42. The molecular weight excluding hydrogens is 302 g/mol. The van der Waals surface area contributed by atoms with E-state index in [1.165, 1.54) is 7.11 Å². The molecule has 22 heavy (non-hydrogen) atoms. The van der Waals surface area contributed by atoms with Gasteiger partial charge in [0.15, 0.2) is 0 Å². The maximum absolute atomic E-state index is 12.3. The van der Waals surface area contributed by atoms with E-state index < -0.39 is 23.0 Å². The van der Waals surface area contributed by atoms with E-state index in [4.69, 9.17) is 0 Å². The number of carbonyl (C=O) groups excluding carboxylic acids is 2. The summed E-state index contributed by atoms with van der Waals surface area (Å²) < 4.78 is 19.6. The summed E-state index contributed by atoms with van der Waals surface area (Å²) in [6.45, 7) is 3.77. The number of rotatable bonds is 8. The molecule has 1 aromatic rings. The first-order chi connectivity index (χ1) is 10.5. The summed E-state index contributed by atoms with van der Waals surface area (Å²) in [5.74, 6) is -0.827. The zero-order valence-corrected chi connectivity index (χ0v) is 13.8. The lowest BCUT2D eigenvalue weighted by atomic mass is 10.1. The number of benzene rings is 1. The van der Waals surface area contributed by atoms with Gasteiger partial charge in [0, 0.05) is 12.5 Å². The number of allylic oxidation sites excluding steroid dienone is 1. The van der Waals surface area contributed by atoms with Crippen molar-refractivity contribution in [2.24, 2.45) is 0 Å². The smallest absolute Gasteiger partial charge is 0.313 e. The molecule has 0 aliphatic heterocycles. The summed E-state index contributed by atoms with van der Waals surface area (Å²) in [5.41, 5.74) is 1.08. The normalized spacial score (nSPS) is 13.8. The van der Waals surface area contributed by atoms with Crippen LogP contribution in [0.3, 0.4) is 0 Å². The Kier molecular flexibility index (Phi) is 7.70. The molecular formula is C16H21NO4S. The standard InChI is InChI=1S/C16H21NO4S/c1-4-5-13(10-14(18)11-16(19)21-3)17-22(20)15-8-6-12(2)7-9-15/h4-9,13,17H,10-11H2,1-3H3/b5-4+. The van der Waals surface area contributed by atoms with Gasteiger partial charge in [-0.05, 0) is 26.0 Å². The van der Waals surface area contributed by atoms with Gasteiger partial charge in [0.25, 0.3) is 0 Å². The molecule has 2 atom stereocenters. The van der Waals surface area contributed by atoms with Gasteiger partial charge in [0.1, 0.15) is 23.2 Å². The molecule has 0 amide bonds. The lowest BCUT2D eigenvalue weighted by molar-refractivity contribution is -0.143. The molecule has 0 aliphatic rings. The molecule has 1 rings (SSSR count). The second kappa shape index (κ2) is 9.27. The SMILES string of the molecule is C/C=C/C(CC(=O)CC(=O)OC)NS(=O)c1ccc(C)cc1. The van der Waals surface area contributed by atoms with Crippen LogP contribution in [0.1, 0.15) is 25.3 Å². The van der Waals surface area contributed by atoms with Gasteiger partial charge in [-0.3, -0.25) is 9.59 Å². The van der Waals surface area contributed by atoms with E-state index >= 15 is 0 Å². The highest BCUT2D eigenvalue weighted by Gasteiger charge is 2.17. The van der Waals surface area contributed by atoms with Gasteiger partial charge in [0.2, 0.25) is 0 Å². The van der Waals surface area contributed by atoms with Gasteiger partial charge in [-0.1, -0.05) is 29.8 Å². The van der Waals surface area contributed by atoms with Gasteiger partial charge in [0.05, 0.1) is 12.0 Å². The van der Waals surface area contributed by atoms with Gasteiger partial charge in [-0.25, -0.2) is 8.93 Å². The van der Waals surface area contributed by atoms with Crippen LogP contribution in [0.15, 0.2) is 41.3 Å². The maximum atomic E-state index is 12.3. The van der Waals surface area contributed by atoms with Crippen LogP contribution in [0.4, 0.5) is 0 Å². The number of ketones is 1. The summed E-state index contributed by atoms with van der Waals surface area (Å²) in [6.07, 6.45) is 3.33. The molecule has 6 heteroatoms. The Labute approximate surface area is 133 Å². The van der Waals surface area contributed by atoms with Crippen molar-refractivity contribution in [3.8, 4) is 0 Å². The Morgan fingerprint density at radius 1 is 1.32 bits per heavy atom. The monoisotopic (exact) mass is 323 g/mol. The molecule has 0 saturated carbocycles. The molecule has 0 aliphatic carbocycles. The van der Waals surface area contributed by atoms with Crippen LogP contribution in [0.5, 0.6) is 0 Å². The van der Waals surface area contributed by atoms with Crippen LogP contribution in [0, 0.1) is 6.92 Å². The molecule has 5 nitrogen and oxygen atoms in total. The zero-order valence-electron chi connectivity index (χ0n) is 13.0. The molecule has 0 heterocycles. The van der Waals surface area contributed by atoms with Crippen molar-refractivity contribution in [1.29, 1.82) is 0 Å². The fourth-order valence-electron chi connectivity index (χ4n) is 1.80. The van der Waals surface area contributed by atoms with Gasteiger partial charge >= 0.3 is 5.97 Å². The minimum Gasteiger partial charge on any atom is -0.469 e. The third kappa shape index (κ3) is 6.32. The first-order valence-corrected chi connectivity index (χ1v) is 8.07. The predicted octanol–water partition coefficient (Wildman–Crippen LogP) is 2.07. The Morgan fingerprint density at radius 3 is 2.50 bits per heavy atom. The first-order valence-electron chi connectivity index (χ1n) is 6.92. The topological polar surface area (TPSA) is 72.5 Å². The second-order valence-electron chi connectivity index (χ2n) is 4.83. The van der Waals surface area contributed by atoms with Crippen molar-refractivity contribution in [3.63, 3.8) is 0 Å². The summed E-state index contributed by atoms with van der Waals surface area (Å²) >= 11 is 0. The van der Waals surface area contributed by atoms with Crippen molar-refractivity contribution in [2.45, 2.75) is 37.6 Å². The van der Waals surface area contributed by atoms with Crippen LogP contribution in [-0.4, -0.2) is 29.1 Å². The lowest BCUT2D eigenvalue weighted by Crippen LogP contribution is -2.32. The predicted molar refractivity (Wildman–Crippen MR) is 85.6 cm³/mol. The molecule has 0 radical (unpaired) electrons. The second-order valence-corrected chi connectivity index (χ2v) is 6.07. The van der Waals surface area contributed by atoms with Crippen molar-refractivity contribution in [2.75, 3.05) is 7.11 Å². The van der Waals surface area contributed by atoms with Gasteiger partial charge < -0.3 is 4.74 Å². The summed E-state index contributed by atoms with van der Waals surface area (Å²) in [6, 6.07) is 6.91. The Bertz CT molecular complexity index is 566. The summed E-state index contributed by atoms with van der Waals surface area (Å²) in [5, 5.41) is 0. The van der Waals surface area contributed by atoms with E-state index in [0.717, 1.165) is 5.56 Å². The van der Waals surface area contributed by atoms with E-state index in [-0.39, 0.29) is 18.6 Å². The Hall–Kier alpha value is -1.79. The van der Waals surface area contributed by atoms with E-state index in [2.05, 4.69) is 9.46 Å². The maximum Gasteiger partial charge on any atom is 0.313 e. The number of methoxy groups -OCH3 is 1. The summed E-state index contributed by atoms with van der Waals surface area (Å²) in [4.78, 5) is 23.5. The molecule has 1 N–H and O–H groups in total. The van der Waals surface area contributed by atoms with Gasteiger partial charge in [-0.2, -0.15) is 0 Å². The first kappa shape index (κ1) is 18.3. The number of aryl methyl sites for hydroxylation is 1. The van der Waals surface area contributed by atoms with Crippen LogP contribution < -0.4 is 4.72 Å². The Balaban J connectivity index is 2.67. The van der Waals surface area contributed by atoms with Crippen LogP contribution in [0.2, 0.25) is 0 Å². The molecule has 0 spiro atoms. The van der Waals surface area contributed by atoms with Crippen molar-refractivity contribution in [3.05, 3.63) is 42.0 Å². The van der Waals surface area contributed by atoms with Crippen LogP contribution in [-0.2, 0) is 25.3 Å². The highest BCUT2D eigenvalue weighted by Crippen LogP contribution is 2.09. The van der Waals surface area contributed by atoms with Crippen LogP contribution >= 0.6 is 0 Å². The highest BCUT2D eigenvalue weighted by atomic mass is 32.2. The molecule has 0 saturated heterocycles. The molecule has 0 fully saturated rings. The molecule has 120 valence electrons. The minimum absolute atomic E-state index is 0.0804. The largest absolute Gasteiger partial charge is 0.469 e. The number of hydrogen-bond donors (Lipinski definition) is 1. The molecule has 1 aromatic carbocycles. The Morgan fingerprint density at radius 2 is 1.95 bits per heavy atom. The van der Waals surface area contributed by atoms with E-state index in [1.807, 2.05) is 26.0 Å². The number of nitrogens with one attached hydrogen (secondary N) is 1. The van der Waals surface area contributed by atoms with Crippen molar-refractivity contribution in [1.82, 2.24) is 4.72 Å².